The van der Waals surface area contributed by atoms with Gasteiger partial charge in [-0.3, -0.25) is 14.5 Å². The summed E-state index contributed by atoms with van der Waals surface area (Å²) < 4.78 is 0.602. The number of carbonyl (C=O) groups excluding carboxylic acids is 2. The highest BCUT2D eigenvalue weighted by Gasteiger charge is 2.31. The predicted octanol–water partition coefficient (Wildman–Crippen LogP) is 6.58. The van der Waals surface area contributed by atoms with E-state index in [1.54, 1.807) is 4.90 Å². The lowest BCUT2D eigenvalue weighted by atomic mass is 9.90. The molecule has 0 aliphatic carbocycles. The summed E-state index contributed by atoms with van der Waals surface area (Å²) in [5, 5.41) is 0.667. The Kier molecular flexibility index (Phi) is 9.41. The fourth-order valence-electron chi connectivity index (χ4n) is 4.62. The van der Waals surface area contributed by atoms with Crippen molar-refractivity contribution in [1.29, 1.82) is 0 Å². The minimum atomic E-state index is -0.0376. The van der Waals surface area contributed by atoms with Crippen LogP contribution in [0.4, 0.5) is 0 Å². The van der Waals surface area contributed by atoms with Crippen molar-refractivity contribution >= 4 is 57.8 Å². The number of benzene rings is 2. The number of likely N-dealkylation sites (tertiary alicyclic amines) is 1. The van der Waals surface area contributed by atoms with Crippen LogP contribution < -0.4 is 0 Å². The number of piperidine rings is 1. The standard InChI is InChI=1S/C28H31ClN2O2S2/c29-24-12-10-22(11-13-24)20-25-27(33)31(28(34)35-25)16-6-2-5-9-26(32)30-17-14-23(15-18-30)19-21-7-3-1-4-8-21/h1,3-4,7-8,10-13,20,23H,2,5-6,9,14-19H2. The molecule has 2 aliphatic heterocycles. The Morgan fingerprint density at radius 3 is 2.46 bits per heavy atom. The molecule has 0 saturated carbocycles. The van der Waals surface area contributed by atoms with Gasteiger partial charge in [0.15, 0.2) is 0 Å². The average molecular weight is 527 g/mol. The Morgan fingerprint density at radius 1 is 1.03 bits per heavy atom. The van der Waals surface area contributed by atoms with Gasteiger partial charge in [-0.15, -0.1) is 0 Å². The van der Waals surface area contributed by atoms with Crippen LogP contribution in [0.5, 0.6) is 0 Å². The zero-order valence-corrected chi connectivity index (χ0v) is 22.2. The normalized spacial score (nSPS) is 18.0. The third kappa shape index (κ3) is 7.42. The van der Waals surface area contributed by atoms with Crippen LogP contribution in [0.1, 0.15) is 49.7 Å². The van der Waals surface area contributed by atoms with E-state index >= 15 is 0 Å². The average Bonchev–Trinajstić information content (AvgIpc) is 3.13. The summed E-state index contributed by atoms with van der Waals surface area (Å²) in [5.41, 5.74) is 2.32. The van der Waals surface area contributed by atoms with Crippen molar-refractivity contribution in [2.45, 2.75) is 44.9 Å². The van der Waals surface area contributed by atoms with Gasteiger partial charge in [0, 0.05) is 31.1 Å². The molecule has 2 amide bonds. The van der Waals surface area contributed by atoms with E-state index in [0.29, 0.717) is 33.1 Å². The second kappa shape index (κ2) is 12.7. The van der Waals surface area contributed by atoms with Crippen LogP contribution in [0.15, 0.2) is 59.5 Å². The van der Waals surface area contributed by atoms with Gasteiger partial charge in [-0.05, 0) is 67.4 Å². The van der Waals surface area contributed by atoms with Gasteiger partial charge in [-0.1, -0.05) is 84.5 Å². The molecule has 2 fully saturated rings. The Labute approximate surface area is 222 Å². The topological polar surface area (TPSA) is 40.6 Å². The van der Waals surface area contributed by atoms with Gasteiger partial charge in [-0.25, -0.2) is 0 Å². The minimum Gasteiger partial charge on any atom is -0.343 e. The fraction of sp³-hybridized carbons (Fsp3) is 0.393. The number of amides is 2. The lowest BCUT2D eigenvalue weighted by molar-refractivity contribution is -0.132. The second-order valence-corrected chi connectivity index (χ2v) is 11.3. The molecule has 4 nitrogen and oxygen atoms in total. The van der Waals surface area contributed by atoms with Crippen LogP contribution in [0.2, 0.25) is 5.02 Å². The highest BCUT2D eigenvalue weighted by Crippen LogP contribution is 2.33. The Bertz CT molecular complexity index is 1060. The predicted molar refractivity (Wildman–Crippen MR) is 149 cm³/mol. The van der Waals surface area contributed by atoms with Crippen LogP contribution >= 0.6 is 35.6 Å². The van der Waals surface area contributed by atoms with E-state index in [1.165, 1.54) is 17.3 Å². The van der Waals surface area contributed by atoms with Crippen molar-refractivity contribution in [2.75, 3.05) is 19.6 Å². The Balaban J connectivity index is 1.13. The summed E-state index contributed by atoms with van der Waals surface area (Å²) in [6, 6.07) is 18.0. The summed E-state index contributed by atoms with van der Waals surface area (Å²) >= 11 is 12.7. The first kappa shape index (κ1) is 25.9. The van der Waals surface area contributed by atoms with Gasteiger partial charge >= 0.3 is 0 Å². The van der Waals surface area contributed by atoms with Crippen molar-refractivity contribution in [2.24, 2.45) is 5.92 Å². The molecule has 0 atom stereocenters. The molecule has 2 aliphatic rings. The van der Waals surface area contributed by atoms with Crippen LogP contribution in [0.25, 0.3) is 6.08 Å². The molecular formula is C28H31ClN2O2S2. The highest BCUT2D eigenvalue weighted by atomic mass is 35.5. The summed E-state index contributed by atoms with van der Waals surface area (Å²) in [6.07, 6.45) is 8.30. The summed E-state index contributed by atoms with van der Waals surface area (Å²) in [6.45, 7) is 2.33. The quantitative estimate of drug-likeness (QED) is 0.210. The first-order valence-corrected chi connectivity index (χ1v) is 13.9. The molecule has 0 radical (unpaired) electrons. The molecule has 0 spiro atoms. The third-order valence-corrected chi connectivity index (χ3v) is 8.28. The van der Waals surface area contributed by atoms with Gasteiger partial charge in [0.2, 0.25) is 5.91 Å². The molecule has 2 heterocycles. The van der Waals surface area contributed by atoms with Crippen LogP contribution in [0.3, 0.4) is 0 Å². The van der Waals surface area contributed by atoms with Crippen LogP contribution in [0, 0.1) is 5.92 Å². The number of hydrogen-bond acceptors (Lipinski definition) is 4. The van der Waals surface area contributed by atoms with Crippen molar-refractivity contribution in [3.05, 3.63) is 75.7 Å². The lowest BCUT2D eigenvalue weighted by Crippen LogP contribution is -2.38. The van der Waals surface area contributed by atoms with Gasteiger partial charge < -0.3 is 4.90 Å². The van der Waals surface area contributed by atoms with E-state index in [-0.39, 0.29) is 11.8 Å². The van der Waals surface area contributed by atoms with Gasteiger partial charge in [0.05, 0.1) is 4.91 Å². The molecular weight excluding hydrogens is 496 g/mol. The van der Waals surface area contributed by atoms with Crippen molar-refractivity contribution < 1.29 is 9.59 Å². The zero-order chi connectivity index (χ0) is 24.6. The number of hydrogen-bond donors (Lipinski definition) is 0. The van der Waals surface area contributed by atoms with Crippen molar-refractivity contribution in [3.63, 3.8) is 0 Å². The minimum absolute atomic E-state index is 0.0376. The van der Waals surface area contributed by atoms with E-state index < -0.39 is 0 Å². The number of rotatable bonds is 9. The number of thiocarbonyl (C=S) groups is 1. The third-order valence-electron chi connectivity index (χ3n) is 6.65. The van der Waals surface area contributed by atoms with E-state index in [0.717, 1.165) is 57.2 Å². The largest absolute Gasteiger partial charge is 0.343 e. The molecule has 35 heavy (non-hydrogen) atoms. The summed E-state index contributed by atoms with van der Waals surface area (Å²) in [7, 11) is 0. The van der Waals surface area contributed by atoms with Crippen molar-refractivity contribution in [3.8, 4) is 0 Å². The number of unbranched alkanes of at least 4 members (excludes halogenated alkanes) is 2. The zero-order valence-electron chi connectivity index (χ0n) is 19.8. The maximum Gasteiger partial charge on any atom is 0.266 e. The SMILES string of the molecule is O=C(CCCCCN1C(=O)C(=Cc2ccc(Cl)cc2)SC1=S)N1CCC(Cc2ccccc2)CC1. The molecule has 184 valence electrons. The Hall–Kier alpha value is -2.15. The first-order chi connectivity index (χ1) is 17.0. The maximum absolute atomic E-state index is 12.8. The molecule has 2 saturated heterocycles. The first-order valence-electron chi connectivity index (χ1n) is 12.3. The second-order valence-electron chi connectivity index (χ2n) is 9.21. The smallest absolute Gasteiger partial charge is 0.266 e. The molecule has 0 aromatic heterocycles. The number of thioether (sulfide) groups is 1. The molecule has 0 unspecified atom stereocenters. The van der Waals surface area contributed by atoms with Gasteiger partial charge in [0.25, 0.3) is 5.91 Å². The van der Waals surface area contributed by atoms with Crippen LogP contribution in [-0.2, 0) is 16.0 Å². The number of nitrogens with zero attached hydrogens (tertiary/aromatic N) is 2. The van der Waals surface area contributed by atoms with E-state index in [4.69, 9.17) is 23.8 Å². The number of halogens is 1. The lowest BCUT2D eigenvalue weighted by Gasteiger charge is -2.32. The van der Waals surface area contributed by atoms with Crippen molar-refractivity contribution in [1.82, 2.24) is 9.80 Å². The van der Waals surface area contributed by atoms with Gasteiger partial charge in [-0.2, -0.15) is 0 Å². The highest BCUT2D eigenvalue weighted by molar-refractivity contribution is 8.26. The monoisotopic (exact) mass is 526 g/mol. The van der Waals surface area contributed by atoms with E-state index in [2.05, 4.69) is 30.3 Å². The molecule has 0 N–H and O–H groups in total. The van der Waals surface area contributed by atoms with Gasteiger partial charge in [0.1, 0.15) is 4.32 Å². The summed E-state index contributed by atoms with van der Waals surface area (Å²) in [4.78, 5) is 29.8. The van der Waals surface area contributed by atoms with Crippen LogP contribution in [-0.4, -0.2) is 45.6 Å². The molecule has 2 aromatic rings. The molecule has 7 heteroatoms. The maximum atomic E-state index is 12.8. The van der Waals surface area contributed by atoms with E-state index in [1.807, 2.05) is 35.2 Å². The Morgan fingerprint density at radius 2 is 1.74 bits per heavy atom. The van der Waals surface area contributed by atoms with E-state index in [9.17, 15) is 9.59 Å². The number of carbonyl (C=O) groups is 2. The molecule has 4 rings (SSSR count). The molecule has 2 aromatic carbocycles. The molecule has 0 bridgehead atoms. The fourth-order valence-corrected chi connectivity index (χ4v) is 6.05. The summed E-state index contributed by atoms with van der Waals surface area (Å²) in [5.74, 6) is 0.892.